The van der Waals surface area contributed by atoms with Gasteiger partial charge in [-0.15, -0.1) is 0 Å². The highest BCUT2D eigenvalue weighted by Crippen LogP contribution is 2.15. The highest BCUT2D eigenvalue weighted by atomic mass is 35.5. The standard InChI is InChI=1S/C25H54N.ClH/c1-5-8-11-13-15-17-19-21-24-26(4,23-10-7-3)25-22-20-18-16-14-12-9-6-2;/h5-25H2,1-4H3;1H/q+1;/p-1. The van der Waals surface area contributed by atoms with Gasteiger partial charge in [0.2, 0.25) is 0 Å². The Balaban J connectivity index is 0. The van der Waals surface area contributed by atoms with Crippen molar-refractivity contribution in [2.45, 2.75) is 136 Å². The minimum Gasteiger partial charge on any atom is -1.00 e. The molecule has 0 atom stereocenters. The van der Waals surface area contributed by atoms with E-state index in [1.807, 2.05) is 0 Å². The van der Waals surface area contributed by atoms with Crippen molar-refractivity contribution < 1.29 is 16.9 Å². The average molecular weight is 404 g/mol. The van der Waals surface area contributed by atoms with Crippen LogP contribution in [0, 0.1) is 0 Å². The molecule has 0 saturated heterocycles. The third kappa shape index (κ3) is 20.8. The predicted octanol–water partition coefficient (Wildman–Crippen LogP) is 5.52. The molecule has 0 heterocycles. The Morgan fingerprint density at radius 2 is 0.630 bits per heavy atom. The zero-order valence-corrected chi connectivity index (χ0v) is 20.4. The average Bonchev–Trinajstić information content (AvgIpc) is 2.64. The van der Waals surface area contributed by atoms with E-state index in [1.54, 1.807) is 0 Å². The molecule has 0 unspecified atom stereocenters. The zero-order valence-electron chi connectivity index (χ0n) is 19.7. The lowest BCUT2D eigenvalue weighted by Gasteiger charge is -2.35. The molecule has 0 aliphatic carbocycles. The van der Waals surface area contributed by atoms with E-state index in [2.05, 4.69) is 27.8 Å². The van der Waals surface area contributed by atoms with Crippen molar-refractivity contribution in [1.82, 2.24) is 0 Å². The van der Waals surface area contributed by atoms with Gasteiger partial charge >= 0.3 is 0 Å². The Bertz CT molecular complexity index is 247. The number of hydrogen-bond donors (Lipinski definition) is 0. The van der Waals surface area contributed by atoms with Gasteiger partial charge in [-0.05, 0) is 32.1 Å². The Morgan fingerprint density at radius 3 is 0.963 bits per heavy atom. The summed E-state index contributed by atoms with van der Waals surface area (Å²) < 4.78 is 1.35. The van der Waals surface area contributed by atoms with Crippen LogP contribution in [0.4, 0.5) is 0 Å². The Morgan fingerprint density at radius 1 is 0.370 bits per heavy atom. The molecule has 0 amide bonds. The van der Waals surface area contributed by atoms with Crippen molar-refractivity contribution in [2.24, 2.45) is 0 Å². The number of halogens is 1. The van der Waals surface area contributed by atoms with Crippen LogP contribution in [0.3, 0.4) is 0 Å². The molecule has 0 aromatic heterocycles. The fourth-order valence-corrected chi connectivity index (χ4v) is 4.13. The van der Waals surface area contributed by atoms with Gasteiger partial charge in [-0.25, -0.2) is 0 Å². The van der Waals surface area contributed by atoms with E-state index in [4.69, 9.17) is 0 Å². The van der Waals surface area contributed by atoms with E-state index >= 15 is 0 Å². The topological polar surface area (TPSA) is 0 Å². The lowest BCUT2D eigenvalue weighted by atomic mass is 10.1. The third-order valence-electron chi connectivity index (χ3n) is 6.15. The molecule has 0 saturated carbocycles. The molecule has 0 bridgehead atoms. The first kappa shape index (κ1) is 29.5. The van der Waals surface area contributed by atoms with Gasteiger partial charge in [0.1, 0.15) is 0 Å². The molecule has 0 rings (SSSR count). The Hall–Kier alpha value is 0.250. The highest BCUT2D eigenvalue weighted by molar-refractivity contribution is 4.50. The maximum absolute atomic E-state index is 2.54. The lowest BCUT2D eigenvalue weighted by Crippen LogP contribution is -3.00. The molecular formula is C25H54ClN. The van der Waals surface area contributed by atoms with Gasteiger partial charge in [-0.2, -0.15) is 0 Å². The van der Waals surface area contributed by atoms with Crippen molar-refractivity contribution in [3.05, 3.63) is 0 Å². The first-order valence-electron chi connectivity index (χ1n) is 12.5. The quantitative estimate of drug-likeness (QED) is 0.175. The summed E-state index contributed by atoms with van der Waals surface area (Å²) in [5.41, 5.74) is 0. The van der Waals surface area contributed by atoms with E-state index in [0.29, 0.717) is 0 Å². The number of hydrogen-bond acceptors (Lipinski definition) is 0. The van der Waals surface area contributed by atoms with Crippen LogP contribution >= 0.6 is 0 Å². The maximum atomic E-state index is 2.54. The minimum atomic E-state index is 0. The van der Waals surface area contributed by atoms with Crippen molar-refractivity contribution in [3.63, 3.8) is 0 Å². The van der Waals surface area contributed by atoms with E-state index in [9.17, 15) is 0 Å². The lowest BCUT2D eigenvalue weighted by molar-refractivity contribution is -0.910. The number of unbranched alkanes of at least 4 members (excludes halogenated alkanes) is 15. The van der Waals surface area contributed by atoms with E-state index < -0.39 is 0 Å². The van der Waals surface area contributed by atoms with Gasteiger partial charge < -0.3 is 16.9 Å². The first-order valence-corrected chi connectivity index (χ1v) is 12.5. The highest BCUT2D eigenvalue weighted by Gasteiger charge is 2.19. The molecule has 0 spiro atoms. The van der Waals surface area contributed by atoms with Crippen LogP contribution in [0.1, 0.15) is 136 Å². The van der Waals surface area contributed by atoms with Crippen LogP contribution < -0.4 is 12.4 Å². The third-order valence-corrected chi connectivity index (χ3v) is 6.15. The maximum Gasteiger partial charge on any atom is 0.0784 e. The van der Waals surface area contributed by atoms with Crippen molar-refractivity contribution in [3.8, 4) is 0 Å². The van der Waals surface area contributed by atoms with Crippen LogP contribution in [0.25, 0.3) is 0 Å². The van der Waals surface area contributed by atoms with Crippen LogP contribution in [0.15, 0.2) is 0 Å². The summed E-state index contributed by atoms with van der Waals surface area (Å²) in [6, 6.07) is 0. The van der Waals surface area contributed by atoms with Gasteiger partial charge in [0.25, 0.3) is 0 Å². The van der Waals surface area contributed by atoms with Crippen molar-refractivity contribution >= 4 is 0 Å². The molecule has 2 heteroatoms. The minimum absolute atomic E-state index is 0. The number of rotatable bonds is 21. The molecule has 0 aromatic rings. The van der Waals surface area contributed by atoms with Crippen LogP contribution in [-0.4, -0.2) is 31.2 Å². The summed E-state index contributed by atoms with van der Waals surface area (Å²) in [5, 5.41) is 0. The first-order chi connectivity index (χ1) is 12.7. The molecule has 27 heavy (non-hydrogen) atoms. The number of quaternary nitrogens is 1. The zero-order chi connectivity index (χ0) is 19.3. The summed E-state index contributed by atoms with van der Waals surface area (Å²) in [6.45, 7) is 11.2. The van der Waals surface area contributed by atoms with Gasteiger partial charge in [0.15, 0.2) is 0 Å². The van der Waals surface area contributed by atoms with Gasteiger partial charge in [-0.3, -0.25) is 0 Å². The summed E-state index contributed by atoms with van der Waals surface area (Å²) in [7, 11) is 2.54. The van der Waals surface area contributed by atoms with Crippen LogP contribution in [0.2, 0.25) is 0 Å². The second-order valence-corrected chi connectivity index (χ2v) is 9.09. The second kappa shape index (κ2) is 22.5. The van der Waals surface area contributed by atoms with Gasteiger partial charge in [0, 0.05) is 0 Å². The van der Waals surface area contributed by atoms with Crippen molar-refractivity contribution in [1.29, 1.82) is 0 Å². The smallest absolute Gasteiger partial charge is 0.0784 e. The Kier molecular flexibility index (Phi) is 24.6. The van der Waals surface area contributed by atoms with Crippen LogP contribution in [0.5, 0.6) is 0 Å². The van der Waals surface area contributed by atoms with E-state index in [0.717, 1.165) is 0 Å². The number of nitrogens with zero attached hydrogens (tertiary/aromatic N) is 1. The molecule has 0 aromatic carbocycles. The second-order valence-electron chi connectivity index (χ2n) is 9.09. The largest absolute Gasteiger partial charge is 1.00 e. The Labute approximate surface area is 180 Å². The molecule has 0 aliphatic heterocycles. The molecule has 0 radical (unpaired) electrons. The van der Waals surface area contributed by atoms with Gasteiger partial charge in [0.05, 0.1) is 26.7 Å². The predicted molar refractivity (Wildman–Crippen MR) is 121 cm³/mol. The molecule has 0 N–H and O–H groups in total. The van der Waals surface area contributed by atoms with Gasteiger partial charge in [-0.1, -0.05) is 104 Å². The summed E-state index contributed by atoms with van der Waals surface area (Å²) in [4.78, 5) is 0. The molecule has 166 valence electrons. The van der Waals surface area contributed by atoms with Crippen LogP contribution in [-0.2, 0) is 0 Å². The fourth-order valence-electron chi connectivity index (χ4n) is 4.13. The molecule has 1 nitrogen and oxygen atoms in total. The van der Waals surface area contributed by atoms with Crippen molar-refractivity contribution in [2.75, 3.05) is 26.7 Å². The summed E-state index contributed by atoms with van der Waals surface area (Å²) in [5.74, 6) is 0. The molecular weight excluding hydrogens is 350 g/mol. The normalized spacial score (nSPS) is 11.6. The SMILES string of the molecule is CCCCCCCCCC[N+](C)(CCCC)CCCCCCCCCC.[Cl-]. The monoisotopic (exact) mass is 403 g/mol. The summed E-state index contributed by atoms with van der Waals surface area (Å²) >= 11 is 0. The summed E-state index contributed by atoms with van der Waals surface area (Å²) in [6.07, 6.45) is 25.9. The van der Waals surface area contributed by atoms with E-state index in [1.165, 1.54) is 140 Å². The van der Waals surface area contributed by atoms with E-state index in [-0.39, 0.29) is 12.4 Å². The molecule has 0 fully saturated rings. The molecule has 0 aliphatic rings. The fraction of sp³-hybridized carbons (Fsp3) is 1.00.